The second kappa shape index (κ2) is 5.36. The minimum absolute atomic E-state index is 0.369. The Labute approximate surface area is 126 Å². The topological polar surface area (TPSA) is 68.2 Å². The van der Waals surface area contributed by atoms with Crippen LogP contribution in [-0.2, 0) is 0 Å². The number of hydrogen-bond acceptors (Lipinski definition) is 5. The quantitative estimate of drug-likeness (QED) is 0.905. The molecule has 0 spiro atoms. The molecular formula is C16H26N4O. The second-order valence-electron chi connectivity index (χ2n) is 7.32. The van der Waals surface area contributed by atoms with E-state index < -0.39 is 0 Å². The fourth-order valence-corrected chi connectivity index (χ4v) is 4.57. The van der Waals surface area contributed by atoms with Gasteiger partial charge in [0.05, 0.1) is 0 Å². The Bertz CT molecular complexity index is 480. The molecule has 2 saturated heterocycles. The van der Waals surface area contributed by atoms with Gasteiger partial charge >= 0.3 is 0 Å². The molecule has 1 aliphatic carbocycles. The fourth-order valence-electron chi connectivity index (χ4n) is 4.57. The van der Waals surface area contributed by atoms with E-state index in [1.165, 1.54) is 25.7 Å². The molecule has 3 heterocycles. The van der Waals surface area contributed by atoms with Gasteiger partial charge in [0, 0.05) is 30.0 Å². The van der Waals surface area contributed by atoms with Crippen molar-refractivity contribution in [3.63, 3.8) is 0 Å². The number of aromatic nitrogens is 2. The van der Waals surface area contributed by atoms with Crippen molar-refractivity contribution in [2.24, 2.45) is 5.73 Å². The normalized spacial score (nSPS) is 40.6. The van der Waals surface area contributed by atoms with Crippen LogP contribution in [0.1, 0.15) is 74.9 Å². The first-order chi connectivity index (χ1) is 10.2. The summed E-state index contributed by atoms with van der Waals surface area (Å²) in [5.74, 6) is 2.77. The summed E-state index contributed by atoms with van der Waals surface area (Å²) in [5.41, 5.74) is 5.98. The van der Waals surface area contributed by atoms with E-state index in [4.69, 9.17) is 15.2 Å². The maximum absolute atomic E-state index is 5.98. The zero-order valence-corrected chi connectivity index (χ0v) is 12.9. The van der Waals surface area contributed by atoms with Gasteiger partial charge in [0.1, 0.15) is 0 Å². The molecule has 1 aromatic heterocycles. The molecule has 5 heteroatoms. The predicted octanol–water partition coefficient (Wildman–Crippen LogP) is 2.39. The summed E-state index contributed by atoms with van der Waals surface area (Å²) >= 11 is 0. The van der Waals surface area contributed by atoms with E-state index in [-0.39, 0.29) is 0 Å². The molecule has 2 N–H and O–H groups in total. The number of nitrogens with zero attached hydrogens (tertiary/aromatic N) is 3. The summed E-state index contributed by atoms with van der Waals surface area (Å²) in [6, 6.07) is 1.82. The molecule has 0 radical (unpaired) electrons. The van der Waals surface area contributed by atoms with Gasteiger partial charge < -0.3 is 15.2 Å². The minimum Gasteiger partial charge on any atom is -0.339 e. The summed E-state index contributed by atoms with van der Waals surface area (Å²) in [5, 5.41) is 4.32. The molecule has 2 bridgehead atoms. The zero-order chi connectivity index (χ0) is 14.4. The van der Waals surface area contributed by atoms with Gasteiger partial charge in [-0.15, -0.1) is 0 Å². The lowest BCUT2D eigenvalue weighted by Crippen LogP contribution is -2.39. The average Bonchev–Trinajstić information content (AvgIpc) is 3.03. The highest BCUT2D eigenvalue weighted by Gasteiger charge is 2.40. The van der Waals surface area contributed by atoms with Gasteiger partial charge in [-0.1, -0.05) is 5.16 Å². The first-order valence-electron chi connectivity index (χ1n) is 8.51. The van der Waals surface area contributed by atoms with Crippen molar-refractivity contribution in [3.8, 4) is 0 Å². The smallest absolute Gasteiger partial charge is 0.229 e. The number of hydrogen-bond donors (Lipinski definition) is 1. The van der Waals surface area contributed by atoms with E-state index in [1.54, 1.807) is 0 Å². The standard InChI is InChI=1S/C16H26N4O/c1-20-13-6-7-14(20)9-11(8-13)15-18-16(21-19-15)10-2-4-12(17)5-3-10/h10-14H,2-9,17H2,1H3. The molecule has 4 rings (SSSR count). The number of fused-ring (bicyclic) bond motifs is 2. The third-order valence-electron chi connectivity index (χ3n) is 6.04. The van der Waals surface area contributed by atoms with Crippen LogP contribution in [0.2, 0.25) is 0 Å². The van der Waals surface area contributed by atoms with Gasteiger partial charge in [-0.2, -0.15) is 4.98 Å². The predicted molar refractivity (Wildman–Crippen MR) is 80.0 cm³/mol. The molecule has 5 nitrogen and oxygen atoms in total. The Morgan fingerprint density at radius 2 is 1.67 bits per heavy atom. The lowest BCUT2D eigenvalue weighted by atomic mass is 9.86. The highest BCUT2D eigenvalue weighted by Crippen LogP contribution is 2.41. The number of piperidine rings is 1. The van der Waals surface area contributed by atoms with Crippen LogP contribution in [0.5, 0.6) is 0 Å². The lowest BCUT2D eigenvalue weighted by Gasteiger charge is -2.34. The summed E-state index contributed by atoms with van der Waals surface area (Å²) in [7, 11) is 2.27. The van der Waals surface area contributed by atoms with Crippen LogP contribution in [0.25, 0.3) is 0 Å². The van der Waals surface area contributed by atoms with Gasteiger partial charge in [-0.3, -0.25) is 0 Å². The molecule has 2 atom stereocenters. The highest BCUT2D eigenvalue weighted by molar-refractivity contribution is 5.07. The van der Waals surface area contributed by atoms with Crippen LogP contribution in [-0.4, -0.2) is 40.2 Å². The molecule has 3 aliphatic rings. The van der Waals surface area contributed by atoms with Gasteiger partial charge in [0.2, 0.25) is 5.89 Å². The fraction of sp³-hybridized carbons (Fsp3) is 0.875. The van der Waals surface area contributed by atoms with Crippen molar-refractivity contribution in [2.45, 2.75) is 81.3 Å². The molecule has 1 aromatic rings. The summed E-state index contributed by atoms with van der Waals surface area (Å²) in [4.78, 5) is 7.32. The van der Waals surface area contributed by atoms with Crippen molar-refractivity contribution in [1.82, 2.24) is 15.0 Å². The third-order valence-corrected chi connectivity index (χ3v) is 6.04. The SMILES string of the molecule is CN1C2CCC1CC(c1noc(C3CCC(N)CC3)n1)C2. The Morgan fingerprint density at radius 1 is 1.00 bits per heavy atom. The average molecular weight is 290 g/mol. The Hall–Kier alpha value is -0.940. The van der Waals surface area contributed by atoms with Crippen molar-refractivity contribution in [2.75, 3.05) is 7.05 Å². The van der Waals surface area contributed by atoms with Gasteiger partial charge in [-0.05, 0) is 58.4 Å². The van der Waals surface area contributed by atoms with E-state index >= 15 is 0 Å². The Kier molecular flexibility index (Phi) is 3.50. The minimum atomic E-state index is 0.369. The van der Waals surface area contributed by atoms with Crippen LogP contribution < -0.4 is 5.73 Å². The number of nitrogens with two attached hydrogens (primary N) is 1. The molecule has 116 valence electrons. The molecule has 1 saturated carbocycles. The molecule has 0 aromatic carbocycles. The van der Waals surface area contributed by atoms with Crippen molar-refractivity contribution in [3.05, 3.63) is 11.7 Å². The van der Waals surface area contributed by atoms with E-state index in [1.807, 2.05) is 0 Å². The highest BCUT2D eigenvalue weighted by atomic mass is 16.5. The van der Waals surface area contributed by atoms with E-state index in [0.717, 1.165) is 49.5 Å². The van der Waals surface area contributed by atoms with Crippen LogP contribution in [0.3, 0.4) is 0 Å². The Morgan fingerprint density at radius 3 is 2.33 bits per heavy atom. The largest absolute Gasteiger partial charge is 0.339 e. The lowest BCUT2D eigenvalue weighted by molar-refractivity contribution is 0.157. The molecule has 3 fully saturated rings. The Balaban J connectivity index is 1.45. The monoisotopic (exact) mass is 290 g/mol. The van der Waals surface area contributed by atoms with E-state index in [2.05, 4.69) is 17.1 Å². The van der Waals surface area contributed by atoms with Crippen molar-refractivity contribution in [1.29, 1.82) is 0 Å². The van der Waals surface area contributed by atoms with Crippen LogP contribution in [0.4, 0.5) is 0 Å². The third kappa shape index (κ3) is 2.50. The maximum Gasteiger partial charge on any atom is 0.229 e. The first kappa shape index (κ1) is 13.7. The summed E-state index contributed by atoms with van der Waals surface area (Å²) < 4.78 is 5.59. The summed E-state index contributed by atoms with van der Waals surface area (Å²) in [6.45, 7) is 0. The first-order valence-corrected chi connectivity index (χ1v) is 8.51. The van der Waals surface area contributed by atoms with Crippen molar-refractivity contribution < 1.29 is 4.52 Å². The molecule has 21 heavy (non-hydrogen) atoms. The maximum atomic E-state index is 5.98. The molecule has 2 unspecified atom stereocenters. The molecule has 2 aliphatic heterocycles. The van der Waals surface area contributed by atoms with Gasteiger partial charge in [0.25, 0.3) is 0 Å². The van der Waals surface area contributed by atoms with E-state index in [0.29, 0.717) is 17.9 Å². The van der Waals surface area contributed by atoms with Gasteiger partial charge in [-0.25, -0.2) is 0 Å². The van der Waals surface area contributed by atoms with Gasteiger partial charge in [0.15, 0.2) is 5.82 Å². The summed E-state index contributed by atoms with van der Waals surface area (Å²) in [6.07, 6.45) is 9.43. The number of rotatable bonds is 2. The molecule has 0 amide bonds. The van der Waals surface area contributed by atoms with Crippen LogP contribution in [0, 0.1) is 0 Å². The van der Waals surface area contributed by atoms with Crippen LogP contribution in [0.15, 0.2) is 4.52 Å². The van der Waals surface area contributed by atoms with Crippen LogP contribution >= 0.6 is 0 Å². The second-order valence-corrected chi connectivity index (χ2v) is 7.32. The van der Waals surface area contributed by atoms with Crippen molar-refractivity contribution >= 4 is 0 Å². The molecular weight excluding hydrogens is 264 g/mol. The van der Waals surface area contributed by atoms with E-state index in [9.17, 15) is 0 Å². The zero-order valence-electron chi connectivity index (χ0n) is 12.9.